The molecule has 5 heteroatoms. The summed E-state index contributed by atoms with van der Waals surface area (Å²) in [5.74, 6) is 0. The van der Waals surface area contributed by atoms with Gasteiger partial charge >= 0.3 is 0 Å². The summed E-state index contributed by atoms with van der Waals surface area (Å²) in [6.45, 7) is 46.7. The highest BCUT2D eigenvalue weighted by molar-refractivity contribution is 7.00. The number of hydrogen-bond donors (Lipinski definition) is 0. The molecular weight excluding hydrogens is 1410 g/mol. The second-order valence-corrected chi connectivity index (χ2v) is 41.6. The van der Waals surface area contributed by atoms with Crippen LogP contribution in [0.3, 0.4) is 0 Å². The Bertz CT molecular complexity index is 6830. The average molecular weight is 1550 g/mol. The Morgan fingerprint density at radius 3 is 0.855 bits per heavy atom. The number of nitrogens with zero attached hydrogens (tertiary/aromatic N) is 4. The third-order valence-electron chi connectivity index (χ3n) is 22.7. The largest absolute Gasteiger partial charge is 0.311 e. The van der Waals surface area contributed by atoms with Gasteiger partial charge in [-0.2, -0.15) is 0 Å². The lowest BCUT2D eigenvalue weighted by Crippen LogP contribution is -2.61. The molecule has 17 rings (SSSR count). The Balaban J connectivity index is 1.11. The molecule has 0 bridgehead atoms. The highest BCUT2D eigenvalue weighted by atomic mass is 15.2. The molecule has 117 heavy (non-hydrogen) atoms. The highest BCUT2D eigenvalue weighted by Gasteiger charge is 2.46. The van der Waals surface area contributed by atoms with Gasteiger partial charge in [0, 0.05) is 66.8 Å². The van der Waals surface area contributed by atoms with Crippen LogP contribution >= 0.6 is 0 Å². The Kier molecular flexibility index (Phi) is 15.3. The summed E-state index contributed by atoms with van der Waals surface area (Å²) < 4.78 is 157. The van der Waals surface area contributed by atoms with E-state index < -0.39 is 109 Å². The smallest absolute Gasteiger partial charge is 0.252 e. The van der Waals surface area contributed by atoms with Gasteiger partial charge in [-0.15, -0.1) is 0 Å². The van der Waals surface area contributed by atoms with Crippen LogP contribution in [0.15, 0.2) is 267 Å². The van der Waals surface area contributed by atoms with Gasteiger partial charge in [0.05, 0.1) is 55.4 Å². The van der Waals surface area contributed by atoms with Crippen LogP contribution in [0.5, 0.6) is 0 Å². The van der Waals surface area contributed by atoms with Crippen molar-refractivity contribution >= 4 is 101 Å². The van der Waals surface area contributed by atoms with E-state index in [-0.39, 0.29) is 76.1 Å². The fourth-order valence-electron chi connectivity index (χ4n) is 18.5. The second kappa shape index (κ2) is 29.0. The van der Waals surface area contributed by atoms with Gasteiger partial charge in [-0.25, -0.2) is 0 Å². The summed E-state index contributed by atoms with van der Waals surface area (Å²) in [5.41, 5.74) is 21.5. The summed E-state index contributed by atoms with van der Waals surface area (Å²) in [5, 5.41) is -0.235. The SMILES string of the molecule is [2H]c1c([2H])c([2H])c2c(c1[2H])c1c([2H])c([2H])c([2H])c([2H])c1n2-c1ccc2c(c1)N(c1cc(-c3cccc(CC(C)(C)C)c3)c(CC(C)(C)C)cc1-c1cccc(CC(C)(C)C)c1)c1cc(C(C)(C)C)cc3c1B2c1ccc(-n2c4c([2H])c([2H])c([2H])c([2H])c4c4c([2H])c([2H])c([2H])c([2H])c42)cc1N3c1cc(-c2cccc(CC(C)(C)C)c2)c(CC(C)(C)C)cc1-c1cccc(CC(C)(C)C)c1. The van der Waals surface area contributed by atoms with Gasteiger partial charge in [0.15, 0.2) is 0 Å². The van der Waals surface area contributed by atoms with E-state index in [4.69, 9.17) is 0 Å². The lowest BCUT2D eigenvalue weighted by Gasteiger charge is -2.46. The van der Waals surface area contributed by atoms with E-state index in [1.807, 2.05) is 24.3 Å². The van der Waals surface area contributed by atoms with Crippen molar-refractivity contribution in [3.63, 3.8) is 0 Å². The number of aromatic nitrogens is 2. The zero-order valence-corrected chi connectivity index (χ0v) is 72.3. The molecule has 15 aromatic rings. The molecule has 0 spiro atoms. The first-order valence-electron chi connectivity index (χ1n) is 49.8. The topological polar surface area (TPSA) is 16.3 Å². The van der Waals surface area contributed by atoms with Gasteiger partial charge in [0.2, 0.25) is 0 Å². The number of rotatable bonds is 14. The number of benzene rings is 13. The van der Waals surface area contributed by atoms with Gasteiger partial charge < -0.3 is 18.9 Å². The van der Waals surface area contributed by atoms with Crippen molar-refractivity contribution in [3.05, 3.63) is 305 Å². The summed E-state index contributed by atoms with van der Waals surface area (Å²) >= 11 is 0. The summed E-state index contributed by atoms with van der Waals surface area (Å²) in [7, 11) is 0. The standard InChI is InChI=1S/C112H119BN4/c1-106(2,3)66-72-34-30-38-76(54-72)89-64-99(91(58-80(89)70-110(13,14)15)78-40-32-36-74(56-78)68-108(7,8)9)116-101-62-83(114-95-46-26-22-42-85(95)86-43-23-27-47-96(86)114)50-52-93(101)113-94-53-51-84(115-97-48-28-24-44-87(97)88-45-25-29-49-98(88)115)63-102(94)117(104-61-82(112(19,20)21)60-103(116)105(104)113)100-65-90(77-39-31-35-73(55-77)67-107(4,5)6)81(71-111(16,17)18)59-92(100)79-41-33-37-75(57-79)69-109(10,11)12/h22-65H,66-71H2,1-21H3/i22D,23D,24D,25D,26D,27D,28D,29D,42D,43D,44D,45D,46D,47D,48D,49D. The van der Waals surface area contributed by atoms with E-state index >= 15 is 0 Å². The lowest BCUT2D eigenvalue weighted by molar-refractivity contribution is 0.410. The van der Waals surface area contributed by atoms with Gasteiger partial charge in [-0.05, 0) is 250 Å². The van der Waals surface area contributed by atoms with Crippen LogP contribution in [0.1, 0.15) is 206 Å². The van der Waals surface area contributed by atoms with Gasteiger partial charge in [-0.1, -0.05) is 327 Å². The van der Waals surface area contributed by atoms with Gasteiger partial charge in [0.1, 0.15) is 0 Å². The molecule has 0 radical (unpaired) electrons. The predicted octanol–water partition coefficient (Wildman–Crippen LogP) is 29.5. The Morgan fingerprint density at radius 1 is 0.274 bits per heavy atom. The van der Waals surface area contributed by atoms with Crippen LogP contribution in [0.25, 0.3) is 99.5 Å². The minimum Gasteiger partial charge on any atom is -0.311 e. The highest BCUT2D eigenvalue weighted by Crippen LogP contribution is 2.54. The molecule has 4 nitrogen and oxygen atoms in total. The molecule has 4 heterocycles. The second-order valence-electron chi connectivity index (χ2n) is 41.6. The Morgan fingerprint density at radius 2 is 0.564 bits per heavy atom. The molecule has 0 unspecified atom stereocenters. The first-order chi connectivity index (χ1) is 62.0. The summed E-state index contributed by atoms with van der Waals surface area (Å²) in [6.07, 6.45) is 4.48. The van der Waals surface area contributed by atoms with Crippen molar-refractivity contribution in [2.45, 2.75) is 189 Å². The molecular formula is C112H119BN4. The van der Waals surface area contributed by atoms with Crippen LogP contribution in [0.4, 0.5) is 34.1 Å². The van der Waals surface area contributed by atoms with Crippen LogP contribution in [0.2, 0.25) is 0 Å². The third kappa shape index (κ3) is 15.7. The van der Waals surface area contributed by atoms with E-state index in [2.05, 4.69) is 301 Å². The molecule has 0 saturated carbocycles. The summed E-state index contributed by atoms with van der Waals surface area (Å²) in [4.78, 5) is 4.81. The fraction of sp³-hybridized carbons (Fsp3) is 0.304. The van der Waals surface area contributed by atoms with Crippen LogP contribution < -0.4 is 26.2 Å². The normalized spacial score (nSPS) is 15.4. The zero-order chi connectivity index (χ0) is 96.3. The molecule has 0 saturated heterocycles. The van der Waals surface area contributed by atoms with E-state index in [0.717, 1.165) is 137 Å². The van der Waals surface area contributed by atoms with E-state index in [9.17, 15) is 21.9 Å². The molecule has 2 aromatic heterocycles. The van der Waals surface area contributed by atoms with E-state index in [1.54, 1.807) is 9.13 Å². The van der Waals surface area contributed by atoms with Crippen molar-refractivity contribution in [3.8, 4) is 55.9 Å². The van der Waals surface area contributed by atoms with Crippen LogP contribution in [-0.2, 0) is 43.9 Å². The zero-order valence-electron chi connectivity index (χ0n) is 88.3. The van der Waals surface area contributed by atoms with Crippen molar-refractivity contribution in [2.24, 2.45) is 32.5 Å². The molecule has 0 fully saturated rings. The number of para-hydroxylation sites is 4. The number of anilines is 6. The molecule has 13 aromatic carbocycles. The molecule has 0 amide bonds. The maximum atomic E-state index is 10.0. The van der Waals surface area contributed by atoms with Crippen molar-refractivity contribution in [1.29, 1.82) is 0 Å². The molecule has 0 atom stereocenters. The first-order valence-corrected chi connectivity index (χ1v) is 41.8. The van der Waals surface area contributed by atoms with Crippen molar-refractivity contribution in [2.75, 3.05) is 9.80 Å². The van der Waals surface area contributed by atoms with Gasteiger partial charge in [-0.3, -0.25) is 0 Å². The van der Waals surface area contributed by atoms with Crippen LogP contribution in [-0.4, -0.2) is 15.8 Å². The fourth-order valence-corrected chi connectivity index (χ4v) is 18.5. The molecule has 2 aliphatic heterocycles. The molecule has 0 aliphatic carbocycles. The average Bonchev–Trinajstić information content (AvgIpc) is 1.55. The molecule has 590 valence electrons. The maximum absolute atomic E-state index is 10.0. The van der Waals surface area contributed by atoms with Crippen LogP contribution in [0, 0.1) is 32.5 Å². The van der Waals surface area contributed by atoms with E-state index in [0.29, 0.717) is 35.6 Å². The molecule has 0 N–H and O–H groups in total. The van der Waals surface area contributed by atoms with Crippen molar-refractivity contribution in [1.82, 2.24) is 9.13 Å². The van der Waals surface area contributed by atoms with Gasteiger partial charge in [0.25, 0.3) is 6.71 Å². The maximum Gasteiger partial charge on any atom is 0.252 e. The number of fused-ring (bicyclic) bond motifs is 10. The third-order valence-corrected chi connectivity index (χ3v) is 22.7. The van der Waals surface area contributed by atoms with E-state index in [1.165, 1.54) is 11.1 Å². The monoisotopic (exact) mass is 1550 g/mol. The minimum atomic E-state index is -0.764. The first kappa shape index (κ1) is 61.5. The van der Waals surface area contributed by atoms with Crippen molar-refractivity contribution < 1.29 is 21.9 Å². The minimum absolute atomic E-state index is 0.0344. The lowest BCUT2D eigenvalue weighted by atomic mass is 9.33. The number of hydrogen-bond acceptors (Lipinski definition) is 2. The Labute approximate surface area is 721 Å². The summed E-state index contributed by atoms with van der Waals surface area (Å²) in [6, 6.07) is 54.0. The quantitative estimate of drug-likeness (QED) is 0.101. The predicted molar refractivity (Wildman–Crippen MR) is 509 cm³/mol. The molecule has 2 aliphatic rings. The Hall–Kier alpha value is -10.9.